The highest BCUT2D eigenvalue weighted by Crippen LogP contribution is 2.25. The number of piperidine rings is 1. The predicted molar refractivity (Wildman–Crippen MR) is 140 cm³/mol. The monoisotopic (exact) mass is 530 g/mol. The van der Waals surface area contributed by atoms with Gasteiger partial charge in [-0.3, -0.25) is 4.79 Å². The van der Waals surface area contributed by atoms with Crippen LogP contribution in [0.3, 0.4) is 0 Å². The fourth-order valence-electron chi connectivity index (χ4n) is 4.22. The molecule has 0 saturated carbocycles. The van der Waals surface area contributed by atoms with E-state index in [0.29, 0.717) is 55.3 Å². The number of hydrogen-bond donors (Lipinski definition) is 0. The summed E-state index contributed by atoms with van der Waals surface area (Å²) in [5.41, 5.74) is 3.05. The number of pyridine rings is 2. The quantitative estimate of drug-likeness (QED) is 0.412. The van der Waals surface area contributed by atoms with Crippen molar-refractivity contribution in [2.24, 2.45) is 0 Å². The maximum absolute atomic E-state index is 12.9. The highest BCUT2D eigenvalue weighted by Gasteiger charge is 2.35. The van der Waals surface area contributed by atoms with Crippen LogP contribution in [-0.4, -0.2) is 76.1 Å². The maximum atomic E-state index is 12.9. The number of ether oxygens (including phenoxy) is 2. The third-order valence-corrected chi connectivity index (χ3v) is 6.53. The Labute approximate surface area is 223 Å². The topological polar surface area (TPSA) is 102 Å². The molecule has 1 saturated heterocycles. The number of aryl methyl sites for hydroxylation is 2. The molecule has 0 bridgehead atoms. The predicted octanol–water partition coefficient (Wildman–Crippen LogP) is 4.62. The molecule has 4 rings (SSSR count). The first kappa shape index (κ1) is 28.4. The Hall–Kier alpha value is -3.20. The Balaban J connectivity index is 0.000000356. The van der Waals surface area contributed by atoms with E-state index in [0.717, 1.165) is 5.69 Å². The number of hydrogen-bond acceptors (Lipinski definition) is 7. The van der Waals surface area contributed by atoms with Gasteiger partial charge in [0, 0.05) is 37.8 Å². The maximum Gasteiger partial charge on any atom is 0.410 e. The molecule has 1 fully saturated rings. The molecule has 0 N–H and O–H groups in total. The van der Waals surface area contributed by atoms with Gasteiger partial charge in [0.1, 0.15) is 16.4 Å². The third-order valence-electron chi connectivity index (χ3n) is 6.32. The van der Waals surface area contributed by atoms with E-state index in [2.05, 4.69) is 9.97 Å². The van der Waals surface area contributed by atoms with Crippen molar-refractivity contribution in [3.05, 3.63) is 57.6 Å². The van der Waals surface area contributed by atoms with Crippen molar-refractivity contribution in [3.63, 3.8) is 0 Å². The summed E-state index contributed by atoms with van der Waals surface area (Å²) in [6.07, 6.45) is 1.72. The van der Waals surface area contributed by atoms with Gasteiger partial charge in [-0.05, 0) is 71.2 Å². The first-order chi connectivity index (χ1) is 17.4. The lowest BCUT2D eigenvalue weighted by Crippen LogP contribution is -2.51. The first-order valence-electron chi connectivity index (χ1n) is 12.4. The van der Waals surface area contributed by atoms with Gasteiger partial charge in [-0.1, -0.05) is 17.7 Å². The number of methoxy groups -OCH3 is 1. The second-order valence-electron chi connectivity index (χ2n) is 10.2. The van der Waals surface area contributed by atoms with Gasteiger partial charge in [-0.15, -0.1) is 0 Å². The molecule has 0 aliphatic carbocycles. The first-order valence-corrected chi connectivity index (χ1v) is 12.7. The van der Waals surface area contributed by atoms with Crippen molar-refractivity contribution in [3.8, 4) is 0 Å². The zero-order chi connectivity index (χ0) is 27.3. The van der Waals surface area contributed by atoms with Crippen LogP contribution in [-0.2, 0) is 15.9 Å². The van der Waals surface area contributed by atoms with Gasteiger partial charge in [0.15, 0.2) is 0 Å². The average Bonchev–Trinajstić information content (AvgIpc) is 2.85. The third kappa shape index (κ3) is 7.41. The Morgan fingerprint density at radius 2 is 1.70 bits per heavy atom. The van der Waals surface area contributed by atoms with Crippen LogP contribution in [0, 0.1) is 13.8 Å². The molecule has 4 heterocycles. The largest absolute Gasteiger partial charge is 0.464 e. The van der Waals surface area contributed by atoms with Crippen molar-refractivity contribution in [1.82, 2.24) is 19.8 Å². The number of nitrogens with zero attached hydrogens (tertiary/aromatic N) is 4. The molecule has 0 unspecified atom stereocenters. The van der Waals surface area contributed by atoms with Gasteiger partial charge in [-0.2, -0.15) is 0 Å². The molecule has 9 nitrogen and oxygen atoms in total. The summed E-state index contributed by atoms with van der Waals surface area (Å²) in [6, 6.07) is 7.02. The Morgan fingerprint density at radius 3 is 2.27 bits per heavy atom. The fourth-order valence-corrected chi connectivity index (χ4v) is 4.41. The Bertz CT molecular complexity index is 1160. The van der Waals surface area contributed by atoms with Crippen LogP contribution in [0.25, 0.3) is 0 Å². The minimum atomic E-state index is -0.517. The summed E-state index contributed by atoms with van der Waals surface area (Å²) in [6.45, 7) is 11.2. The number of likely N-dealkylation sites (tertiary alicyclic amines) is 1. The molecule has 2 aromatic heterocycles. The number of carbonyl (C=O) groups excluding carboxylic acids is 3. The van der Waals surface area contributed by atoms with Crippen LogP contribution in [0.1, 0.15) is 71.4 Å². The number of carbonyl (C=O) groups is 3. The SMILES string of the molecule is COC(=O)c1ccc2c(n1)CCN(C1CCN(C(=O)OC(C)(C)C)CC1)C2=O.Cc1ccc(Cl)nc1C. The fraction of sp³-hybridized carbons (Fsp3) is 0.519. The summed E-state index contributed by atoms with van der Waals surface area (Å²) < 4.78 is 10.1. The van der Waals surface area contributed by atoms with Gasteiger partial charge in [0.05, 0.1) is 18.4 Å². The van der Waals surface area contributed by atoms with Gasteiger partial charge in [-0.25, -0.2) is 19.6 Å². The molecule has 37 heavy (non-hydrogen) atoms. The Kier molecular flexibility index (Phi) is 9.12. The number of fused-ring (bicyclic) bond motifs is 1. The number of rotatable bonds is 2. The molecule has 2 aromatic rings. The van der Waals surface area contributed by atoms with Crippen LogP contribution in [0.5, 0.6) is 0 Å². The van der Waals surface area contributed by atoms with Crippen molar-refractivity contribution in [2.45, 2.75) is 65.5 Å². The number of halogens is 1. The van der Waals surface area contributed by atoms with Crippen molar-refractivity contribution < 1.29 is 23.9 Å². The summed E-state index contributed by atoms with van der Waals surface area (Å²) in [5.74, 6) is -0.576. The van der Waals surface area contributed by atoms with Crippen molar-refractivity contribution >= 4 is 29.6 Å². The number of aromatic nitrogens is 2. The van der Waals surface area contributed by atoms with E-state index in [1.165, 1.54) is 18.7 Å². The van der Waals surface area contributed by atoms with Gasteiger partial charge < -0.3 is 19.3 Å². The van der Waals surface area contributed by atoms with E-state index in [9.17, 15) is 14.4 Å². The number of esters is 1. The van der Waals surface area contributed by atoms with Crippen molar-refractivity contribution in [1.29, 1.82) is 0 Å². The molecule has 0 radical (unpaired) electrons. The van der Waals surface area contributed by atoms with Crippen LogP contribution in [0.15, 0.2) is 24.3 Å². The molecule has 200 valence electrons. The van der Waals surface area contributed by atoms with Crippen LogP contribution >= 0.6 is 11.6 Å². The molecule has 0 atom stereocenters. The number of amides is 2. The zero-order valence-electron chi connectivity index (χ0n) is 22.3. The summed E-state index contributed by atoms with van der Waals surface area (Å²) >= 11 is 5.61. The summed E-state index contributed by atoms with van der Waals surface area (Å²) in [4.78, 5) is 48.7. The lowest BCUT2D eigenvalue weighted by molar-refractivity contribution is 0.0143. The Morgan fingerprint density at radius 1 is 1.03 bits per heavy atom. The highest BCUT2D eigenvalue weighted by molar-refractivity contribution is 6.29. The standard InChI is InChI=1S/C20H27N3O5.C7H8ClN/c1-20(2,3)28-19(26)22-10-7-13(8-11-22)23-12-9-15-14(17(23)24)5-6-16(21-15)18(25)27-4;1-5-3-4-7(8)9-6(5)2/h5-6,13H,7-12H2,1-4H3;3-4H,1-2H3. The molecule has 2 amide bonds. The molecule has 10 heteroatoms. The van der Waals surface area contributed by atoms with Crippen LogP contribution < -0.4 is 0 Å². The second-order valence-corrected chi connectivity index (χ2v) is 10.6. The van der Waals surface area contributed by atoms with Crippen LogP contribution in [0.2, 0.25) is 5.15 Å². The second kappa shape index (κ2) is 11.9. The van der Waals surface area contributed by atoms with Crippen LogP contribution in [0.4, 0.5) is 4.79 Å². The van der Waals surface area contributed by atoms with E-state index in [1.54, 1.807) is 17.0 Å². The van der Waals surface area contributed by atoms with Gasteiger partial charge >= 0.3 is 12.1 Å². The minimum absolute atomic E-state index is 0.0686. The normalized spacial score (nSPS) is 15.9. The zero-order valence-corrected chi connectivity index (χ0v) is 23.1. The van der Waals surface area contributed by atoms with E-state index in [-0.39, 0.29) is 23.7 Å². The minimum Gasteiger partial charge on any atom is -0.464 e. The summed E-state index contributed by atoms with van der Waals surface area (Å²) in [7, 11) is 1.31. The van der Waals surface area contributed by atoms with Gasteiger partial charge in [0.25, 0.3) is 5.91 Å². The van der Waals surface area contributed by atoms with E-state index < -0.39 is 11.6 Å². The average molecular weight is 531 g/mol. The molecular weight excluding hydrogens is 496 g/mol. The molecule has 0 spiro atoms. The van der Waals surface area contributed by atoms with Gasteiger partial charge in [0.2, 0.25) is 0 Å². The van der Waals surface area contributed by atoms with Crippen molar-refractivity contribution in [2.75, 3.05) is 26.7 Å². The smallest absolute Gasteiger partial charge is 0.410 e. The molecule has 2 aliphatic heterocycles. The lowest BCUT2D eigenvalue weighted by atomic mass is 9.97. The van der Waals surface area contributed by atoms with E-state index in [4.69, 9.17) is 21.1 Å². The molecule has 2 aliphatic rings. The van der Waals surface area contributed by atoms with E-state index >= 15 is 0 Å². The van der Waals surface area contributed by atoms with E-state index in [1.807, 2.05) is 45.6 Å². The molecule has 0 aromatic carbocycles. The molecular formula is C27H35ClN4O5. The lowest BCUT2D eigenvalue weighted by Gasteiger charge is -2.40. The summed E-state index contributed by atoms with van der Waals surface area (Å²) in [5, 5.41) is 0.568. The highest BCUT2D eigenvalue weighted by atomic mass is 35.5.